The second kappa shape index (κ2) is 3.42. The fraction of sp³-hybridized carbons (Fsp3) is 0.143. The quantitative estimate of drug-likeness (QED) is 0.557. The van der Waals surface area contributed by atoms with Crippen LogP contribution in [0.25, 0.3) is 21.8 Å². The van der Waals surface area contributed by atoms with Crippen molar-refractivity contribution in [3.63, 3.8) is 0 Å². The topological polar surface area (TPSA) is 67.8 Å². The van der Waals surface area contributed by atoms with Crippen molar-refractivity contribution in [3.05, 3.63) is 35.9 Å². The van der Waals surface area contributed by atoms with Gasteiger partial charge in [0.15, 0.2) is 0 Å². The minimum absolute atomic E-state index is 0.795. The minimum atomic E-state index is 0.795. The molecule has 3 nitrogen and oxygen atoms in total. The molecule has 1 heterocycles. The predicted octanol–water partition coefficient (Wildman–Crippen LogP) is 3.05. The van der Waals surface area contributed by atoms with Crippen LogP contribution >= 0.6 is 0 Å². The SMILES string of the molecule is CCc1cc(N)c2c([nH]c3ccccc32)c1N. The van der Waals surface area contributed by atoms with Gasteiger partial charge < -0.3 is 16.5 Å². The number of fused-ring (bicyclic) bond motifs is 3. The van der Waals surface area contributed by atoms with Crippen LogP contribution in [0.15, 0.2) is 30.3 Å². The van der Waals surface area contributed by atoms with E-state index in [1.54, 1.807) is 0 Å². The van der Waals surface area contributed by atoms with Gasteiger partial charge in [-0.15, -0.1) is 0 Å². The first-order valence-electron chi connectivity index (χ1n) is 5.79. The van der Waals surface area contributed by atoms with Crippen molar-refractivity contribution < 1.29 is 0 Å². The van der Waals surface area contributed by atoms with Crippen molar-refractivity contribution in [1.29, 1.82) is 0 Å². The molecule has 0 spiro atoms. The Kier molecular flexibility index (Phi) is 2.01. The largest absolute Gasteiger partial charge is 0.398 e. The summed E-state index contributed by atoms with van der Waals surface area (Å²) in [7, 11) is 0. The van der Waals surface area contributed by atoms with Crippen LogP contribution in [0, 0.1) is 0 Å². The Morgan fingerprint density at radius 3 is 2.71 bits per heavy atom. The number of para-hydroxylation sites is 1. The molecular weight excluding hydrogens is 210 g/mol. The smallest absolute Gasteiger partial charge is 0.0722 e. The number of aromatic nitrogens is 1. The summed E-state index contributed by atoms with van der Waals surface area (Å²) in [5.74, 6) is 0. The molecule has 0 aliphatic rings. The van der Waals surface area contributed by atoms with Crippen molar-refractivity contribution in [2.24, 2.45) is 0 Å². The van der Waals surface area contributed by atoms with Crippen LogP contribution in [0.5, 0.6) is 0 Å². The minimum Gasteiger partial charge on any atom is -0.398 e. The van der Waals surface area contributed by atoms with E-state index in [9.17, 15) is 0 Å². The van der Waals surface area contributed by atoms with Gasteiger partial charge in [-0.25, -0.2) is 0 Å². The summed E-state index contributed by atoms with van der Waals surface area (Å²) < 4.78 is 0. The lowest BCUT2D eigenvalue weighted by molar-refractivity contribution is 1.15. The second-order valence-corrected chi connectivity index (χ2v) is 4.31. The Balaban J connectivity index is 2.56. The van der Waals surface area contributed by atoms with Crippen LogP contribution < -0.4 is 11.5 Å². The lowest BCUT2D eigenvalue weighted by atomic mass is 10.0. The van der Waals surface area contributed by atoms with E-state index in [0.717, 1.165) is 45.2 Å². The molecule has 0 fully saturated rings. The van der Waals surface area contributed by atoms with E-state index in [4.69, 9.17) is 11.5 Å². The van der Waals surface area contributed by atoms with Crippen molar-refractivity contribution in [1.82, 2.24) is 4.98 Å². The molecule has 17 heavy (non-hydrogen) atoms. The number of anilines is 2. The van der Waals surface area contributed by atoms with Crippen molar-refractivity contribution in [3.8, 4) is 0 Å². The Bertz CT molecular complexity index is 710. The molecule has 3 heteroatoms. The Labute approximate surface area is 99.4 Å². The zero-order chi connectivity index (χ0) is 12.0. The van der Waals surface area contributed by atoms with E-state index in [1.165, 1.54) is 0 Å². The van der Waals surface area contributed by atoms with Crippen molar-refractivity contribution in [2.75, 3.05) is 11.5 Å². The average Bonchev–Trinajstić information content (AvgIpc) is 2.73. The summed E-state index contributed by atoms with van der Waals surface area (Å²) in [6.07, 6.45) is 0.890. The normalized spacial score (nSPS) is 11.4. The van der Waals surface area contributed by atoms with E-state index >= 15 is 0 Å². The van der Waals surface area contributed by atoms with E-state index in [1.807, 2.05) is 24.3 Å². The van der Waals surface area contributed by atoms with Crippen molar-refractivity contribution >= 4 is 33.2 Å². The van der Waals surface area contributed by atoms with Gasteiger partial charge in [-0.1, -0.05) is 25.1 Å². The highest BCUT2D eigenvalue weighted by atomic mass is 14.8. The molecule has 1 aromatic heterocycles. The van der Waals surface area contributed by atoms with Crippen LogP contribution in [0.3, 0.4) is 0 Å². The number of nitrogens with one attached hydrogen (secondary N) is 1. The maximum absolute atomic E-state index is 6.18. The number of hydrogen-bond acceptors (Lipinski definition) is 2. The number of aromatic amines is 1. The summed E-state index contributed by atoms with van der Waals surface area (Å²) in [6.45, 7) is 2.08. The molecule has 0 bridgehead atoms. The number of H-pyrrole nitrogens is 1. The predicted molar refractivity (Wildman–Crippen MR) is 74.0 cm³/mol. The van der Waals surface area contributed by atoms with Crippen LogP contribution in [0.1, 0.15) is 12.5 Å². The maximum atomic E-state index is 6.18. The molecule has 0 amide bonds. The number of benzene rings is 2. The fourth-order valence-electron chi connectivity index (χ4n) is 2.43. The second-order valence-electron chi connectivity index (χ2n) is 4.31. The first-order valence-corrected chi connectivity index (χ1v) is 5.79. The lowest BCUT2D eigenvalue weighted by Crippen LogP contribution is -1.97. The van der Waals surface area contributed by atoms with Gasteiger partial charge in [-0.05, 0) is 24.1 Å². The molecule has 0 unspecified atom stereocenters. The highest BCUT2D eigenvalue weighted by Crippen LogP contribution is 2.35. The molecule has 0 atom stereocenters. The standard InChI is InChI=1S/C14H15N3/c1-2-8-7-10(15)12-9-5-3-4-6-11(9)17-14(12)13(8)16/h3-7,17H,2,15-16H2,1H3. The van der Waals surface area contributed by atoms with Crippen molar-refractivity contribution in [2.45, 2.75) is 13.3 Å². The summed E-state index contributed by atoms with van der Waals surface area (Å²) in [5, 5.41) is 2.17. The molecule has 2 aromatic carbocycles. The number of rotatable bonds is 1. The number of hydrogen-bond donors (Lipinski definition) is 3. The summed E-state index contributed by atoms with van der Waals surface area (Å²) in [6, 6.07) is 10.1. The summed E-state index contributed by atoms with van der Waals surface area (Å²) >= 11 is 0. The van der Waals surface area contributed by atoms with Gasteiger partial charge in [0.2, 0.25) is 0 Å². The molecule has 0 aliphatic heterocycles. The highest BCUT2D eigenvalue weighted by molar-refractivity contribution is 6.16. The highest BCUT2D eigenvalue weighted by Gasteiger charge is 2.12. The monoisotopic (exact) mass is 225 g/mol. The molecule has 86 valence electrons. The molecular formula is C14H15N3. The van der Waals surface area contributed by atoms with Crippen LogP contribution in [0.4, 0.5) is 11.4 Å². The van der Waals surface area contributed by atoms with Gasteiger partial charge in [0, 0.05) is 22.0 Å². The fourth-order valence-corrected chi connectivity index (χ4v) is 2.43. The van der Waals surface area contributed by atoms with Gasteiger partial charge in [0.1, 0.15) is 0 Å². The zero-order valence-corrected chi connectivity index (χ0v) is 9.75. The van der Waals surface area contributed by atoms with Crippen LogP contribution in [-0.2, 0) is 6.42 Å². The molecule has 5 N–H and O–H groups in total. The molecule has 0 saturated heterocycles. The maximum Gasteiger partial charge on any atom is 0.0722 e. The number of nitrogen functional groups attached to an aromatic ring is 2. The third-order valence-electron chi connectivity index (χ3n) is 3.32. The summed E-state index contributed by atoms with van der Waals surface area (Å²) in [4.78, 5) is 3.36. The van der Waals surface area contributed by atoms with Crippen LogP contribution in [0.2, 0.25) is 0 Å². The first kappa shape index (κ1) is 10.0. The van der Waals surface area contributed by atoms with Gasteiger partial charge in [0.25, 0.3) is 0 Å². The lowest BCUT2D eigenvalue weighted by Gasteiger charge is -2.07. The molecule has 3 aromatic rings. The molecule has 0 aliphatic carbocycles. The van der Waals surface area contributed by atoms with Gasteiger partial charge >= 0.3 is 0 Å². The Morgan fingerprint density at radius 1 is 1.18 bits per heavy atom. The van der Waals surface area contributed by atoms with Gasteiger partial charge in [0.05, 0.1) is 11.2 Å². The van der Waals surface area contributed by atoms with Gasteiger partial charge in [-0.2, -0.15) is 0 Å². The average molecular weight is 225 g/mol. The van der Waals surface area contributed by atoms with E-state index in [-0.39, 0.29) is 0 Å². The van der Waals surface area contributed by atoms with Crippen LogP contribution in [-0.4, -0.2) is 4.98 Å². The molecule has 3 rings (SSSR count). The summed E-state index contributed by atoms with van der Waals surface area (Å²) in [5.41, 5.74) is 17.1. The zero-order valence-electron chi connectivity index (χ0n) is 9.75. The van der Waals surface area contributed by atoms with E-state index < -0.39 is 0 Å². The first-order chi connectivity index (χ1) is 8.22. The number of aryl methyl sites for hydroxylation is 1. The van der Waals surface area contributed by atoms with E-state index in [2.05, 4.69) is 18.0 Å². The Hall–Kier alpha value is -2.16. The third-order valence-corrected chi connectivity index (χ3v) is 3.32. The molecule has 0 saturated carbocycles. The number of nitrogens with two attached hydrogens (primary N) is 2. The third kappa shape index (κ3) is 1.29. The Morgan fingerprint density at radius 2 is 1.94 bits per heavy atom. The molecule has 0 radical (unpaired) electrons. The van der Waals surface area contributed by atoms with Gasteiger partial charge in [-0.3, -0.25) is 0 Å². The van der Waals surface area contributed by atoms with E-state index in [0.29, 0.717) is 0 Å².